The third-order valence-electron chi connectivity index (χ3n) is 4.66. The number of sulfone groups is 1. The molecular weight excluding hydrogens is 340 g/mol. The molecule has 2 atom stereocenters. The van der Waals surface area contributed by atoms with Crippen molar-refractivity contribution in [2.24, 2.45) is 5.41 Å². The Bertz CT molecular complexity index is 1020. The lowest BCUT2D eigenvalue weighted by Gasteiger charge is -2.04. The lowest BCUT2D eigenvalue weighted by molar-refractivity contribution is 0.174. The molecule has 0 amide bonds. The van der Waals surface area contributed by atoms with Crippen molar-refractivity contribution in [2.45, 2.75) is 16.1 Å². The minimum Gasteiger partial charge on any atom is -0.454 e. The molecule has 4 rings (SSSR count). The number of rotatable bonds is 3. The minimum absolute atomic E-state index is 0.0941. The molecule has 6 nitrogen and oxygen atoms in total. The van der Waals surface area contributed by atoms with Crippen molar-refractivity contribution in [2.75, 3.05) is 6.79 Å². The van der Waals surface area contributed by atoms with E-state index in [0.29, 0.717) is 17.1 Å². The van der Waals surface area contributed by atoms with Crippen LogP contribution in [0.3, 0.4) is 0 Å². The molecule has 25 heavy (non-hydrogen) atoms. The number of fused-ring (bicyclic) bond motifs is 1. The number of ether oxygens (including phenoxy) is 2. The summed E-state index contributed by atoms with van der Waals surface area (Å²) >= 11 is 0. The summed E-state index contributed by atoms with van der Waals surface area (Å²) in [5.74, 6) is 0.318. The Kier molecular flexibility index (Phi) is 3.24. The SMILES string of the molecule is N#CC1(C#N)[C@H](c2ccc3c(c2)OCO3)[C@H]1S(=O)(=O)c1ccccc1. The first-order valence-corrected chi connectivity index (χ1v) is 9.10. The van der Waals surface area contributed by atoms with E-state index in [1.54, 1.807) is 36.4 Å². The summed E-state index contributed by atoms with van der Waals surface area (Å²) in [7, 11) is -3.83. The van der Waals surface area contributed by atoms with E-state index in [1.807, 2.05) is 12.1 Å². The van der Waals surface area contributed by atoms with Crippen molar-refractivity contribution in [3.05, 3.63) is 54.1 Å². The largest absolute Gasteiger partial charge is 0.454 e. The highest BCUT2D eigenvalue weighted by Gasteiger charge is 2.73. The van der Waals surface area contributed by atoms with Crippen LogP contribution in [0.4, 0.5) is 0 Å². The first-order valence-electron chi connectivity index (χ1n) is 7.55. The summed E-state index contributed by atoms with van der Waals surface area (Å²) in [5, 5.41) is 18.0. The Morgan fingerprint density at radius 2 is 1.68 bits per heavy atom. The van der Waals surface area contributed by atoms with Crippen LogP contribution in [0.5, 0.6) is 11.5 Å². The smallest absolute Gasteiger partial charge is 0.231 e. The zero-order valence-corrected chi connectivity index (χ0v) is 13.7. The molecule has 1 fully saturated rings. The van der Waals surface area contributed by atoms with Crippen LogP contribution in [0.25, 0.3) is 0 Å². The van der Waals surface area contributed by atoms with Gasteiger partial charge in [0.05, 0.1) is 17.0 Å². The summed E-state index contributed by atoms with van der Waals surface area (Å²) in [6.07, 6.45) is 0. The quantitative estimate of drug-likeness (QED) is 0.841. The van der Waals surface area contributed by atoms with Gasteiger partial charge in [0.25, 0.3) is 0 Å². The summed E-state index contributed by atoms with van der Waals surface area (Å²) in [6.45, 7) is 0.0941. The summed E-state index contributed by atoms with van der Waals surface area (Å²) in [4.78, 5) is 0.109. The average molecular weight is 352 g/mol. The molecule has 1 aliphatic carbocycles. The van der Waals surface area contributed by atoms with Gasteiger partial charge in [-0.25, -0.2) is 8.42 Å². The van der Waals surface area contributed by atoms with Gasteiger partial charge in [-0.05, 0) is 29.8 Å². The van der Waals surface area contributed by atoms with Crippen LogP contribution in [0.2, 0.25) is 0 Å². The molecular formula is C18H12N2O4S. The van der Waals surface area contributed by atoms with Crippen LogP contribution in [0.1, 0.15) is 11.5 Å². The van der Waals surface area contributed by atoms with Crippen LogP contribution < -0.4 is 9.47 Å². The first kappa shape index (κ1) is 15.5. The molecule has 2 aliphatic rings. The van der Waals surface area contributed by atoms with Crippen molar-refractivity contribution < 1.29 is 17.9 Å². The van der Waals surface area contributed by atoms with Gasteiger partial charge in [0.2, 0.25) is 6.79 Å². The van der Waals surface area contributed by atoms with Crippen LogP contribution in [-0.4, -0.2) is 20.5 Å². The lowest BCUT2D eigenvalue weighted by Crippen LogP contribution is -2.14. The molecule has 0 unspecified atom stereocenters. The van der Waals surface area contributed by atoms with Crippen molar-refractivity contribution in [1.82, 2.24) is 0 Å². The van der Waals surface area contributed by atoms with Crippen molar-refractivity contribution in [1.29, 1.82) is 10.5 Å². The maximum atomic E-state index is 13.0. The van der Waals surface area contributed by atoms with Gasteiger partial charge in [-0.2, -0.15) is 10.5 Å². The Morgan fingerprint density at radius 1 is 1.00 bits per heavy atom. The molecule has 2 aromatic carbocycles. The van der Waals surface area contributed by atoms with E-state index in [-0.39, 0.29) is 11.7 Å². The molecule has 1 heterocycles. The number of benzene rings is 2. The maximum absolute atomic E-state index is 13.0. The van der Waals surface area contributed by atoms with Gasteiger partial charge in [-0.1, -0.05) is 24.3 Å². The molecule has 0 N–H and O–H groups in total. The molecule has 7 heteroatoms. The van der Waals surface area contributed by atoms with Gasteiger partial charge in [0.15, 0.2) is 26.8 Å². The van der Waals surface area contributed by atoms with Crippen LogP contribution in [0, 0.1) is 28.1 Å². The molecule has 1 aliphatic heterocycles. The molecule has 2 aromatic rings. The van der Waals surface area contributed by atoms with E-state index in [0.717, 1.165) is 0 Å². The van der Waals surface area contributed by atoms with E-state index in [1.165, 1.54) is 12.1 Å². The number of nitriles is 2. The van der Waals surface area contributed by atoms with E-state index < -0.39 is 26.4 Å². The van der Waals surface area contributed by atoms with Crippen LogP contribution in [0.15, 0.2) is 53.4 Å². The monoisotopic (exact) mass is 352 g/mol. The van der Waals surface area contributed by atoms with Crippen LogP contribution in [-0.2, 0) is 9.84 Å². The summed E-state index contributed by atoms with van der Waals surface area (Å²) < 4.78 is 36.5. The Labute approximate surface area is 144 Å². The normalized spacial score (nSPS) is 22.6. The van der Waals surface area contributed by atoms with Gasteiger partial charge in [0.1, 0.15) is 5.25 Å². The second-order valence-corrected chi connectivity index (χ2v) is 8.03. The van der Waals surface area contributed by atoms with Gasteiger partial charge in [-0.3, -0.25) is 0 Å². The Balaban J connectivity index is 1.80. The highest BCUT2D eigenvalue weighted by atomic mass is 32.2. The number of hydrogen-bond acceptors (Lipinski definition) is 6. The summed E-state index contributed by atoms with van der Waals surface area (Å²) in [5.41, 5.74) is -1.03. The zero-order chi connectivity index (χ0) is 17.7. The fourth-order valence-electron chi connectivity index (χ4n) is 3.37. The zero-order valence-electron chi connectivity index (χ0n) is 12.9. The highest BCUT2D eigenvalue weighted by molar-refractivity contribution is 7.92. The van der Waals surface area contributed by atoms with E-state index in [9.17, 15) is 18.9 Å². The second-order valence-electron chi connectivity index (χ2n) is 5.96. The Morgan fingerprint density at radius 3 is 2.36 bits per heavy atom. The molecule has 124 valence electrons. The van der Waals surface area contributed by atoms with Crippen molar-refractivity contribution in [3.8, 4) is 23.6 Å². The topological polar surface area (TPSA) is 100 Å². The fraction of sp³-hybridized carbons (Fsp3) is 0.222. The lowest BCUT2D eigenvalue weighted by atomic mass is 10.0. The fourth-order valence-corrected chi connectivity index (χ4v) is 5.60. The predicted molar refractivity (Wildman–Crippen MR) is 86.4 cm³/mol. The summed E-state index contributed by atoms with van der Waals surface area (Å²) in [6, 6.07) is 16.8. The van der Waals surface area contributed by atoms with E-state index >= 15 is 0 Å². The molecule has 0 radical (unpaired) electrons. The van der Waals surface area contributed by atoms with Gasteiger partial charge >= 0.3 is 0 Å². The highest BCUT2D eigenvalue weighted by Crippen LogP contribution is 2.64. The molecule has 0 aromatic heterocycles. The first-order chi connectivity index (χ1) is 12.0. The van der Waals surface area contributed by atoms with E-state index in [2.05, 4.69) is 0 Å². The Hall–Kier alpha value is -3.03. The number of nitrogens with zero attached hydrogens (tertiary/aromatic N) is 2. The van der Waals surface area contributed by atoms with Crippen LogP contribution >= 0.6 is 0 Å². The standard InChI is InChI=1S/C18H12N2O4S/c19-9-18(10-20)16(12-6-7-14-15(8-12)24-11-23-14)17(18)25(21,22)13-4-2-1-3-5-13/h1-8,16-17H,11H2/t16-,17-/m1/s1. The van der Waals surface area contributed by atoms with Crippen molar-refractivity contribution >= 4 is 9.84 Å². The molecule has 0 spiro atoms. The van der Waals surface area contributed by atoms with Gasteiger partial charge in [0, 0.05) is 5.92 Å². The second kappa shape index (κ2) is 5.23. The number of hydrogen-bond donors (Lipinski definition) is 0. The van der Waals surface area contributed by atoms with Gasteiger partial charge < -0.3 is 9.47 Å². The third kappa shape index (κ3) is 2.10. The minimum atomic E-state index is -3.83. The average Bonchev–Trinajstić information content (AvgIpc) is 3.12. The maximum Gasteiger partial charge on any atom is 0.231 e. The molecule has 0 saturated heterocycles. The van der Waals surface area contributed by atoms with E-state index in [4.69, 9.17) is 9.47 Å². The predicted octanol–water partition coefficient (Wildman–Crippen LogP) is 2.39. The molecule has 1 saturated carbocycles. The van der Waals surface area contributed by atoms with Gasteiger partial charge in [-0.15, -0.1) is 0 Å². The third-order valence-corrected chi connectivity index (χ3v) is 6.91. The van der Waals surface area contributed by atoms with Crippen molar-refractivity contribution in [3.63, 3.8) is 0 Å². The molecule has 0 bridgehead atoms.